The summed E-state index contributed by atoms with van der Waals surface area (Å²) in [7, 11) is 0. The van der Waals surface area contributed by atoms with Crippen molar-refractivity contribution in [2.45, 2.75) is 39.5 Å². The summed E-state index contributed by atoms with van der Waals surface area (Å²) in [6, 6.07) is 0. The van der Waals surface area contributed by atoms with E-state index >= 15 is 0 Å². The van der Waals surface area contributed by atoms with Crippen LogP contribution in [0.4, 0.5) is 4.79 Å². The van der Waals surface area contributed by atoms with Crippen LogP contribution in [0.1, 0.15) is 20.8 Å². The number of carbonyl (C=O) groups excluding carboxylic acids is 1. The number of ether oxygens (including phenoxy) is 1. The molecule has 2 aromatic rings. The predicted octanol–water partition coefficient (Wildman–Crippen LogP) is 2.46. The number of nitrogens with one attached hydrogen (secondary N) is 1. The molecule has 140 valence electrons. The van der Waals surface area contributed by atoms with Crippen molar-refractivity contribution in [1.29, 1.82) is 0 Å². The molecule has 0 fully saturated rings. The van der Waals surface area contributed by atoms with Gasteiger partial charge in [-0.15, -0.1) is 0 Å². The van der Waals surface area contributed by atoms with E-state index in [-0.39, 0.29) is 6.09 Å². The molecule has 0 saturated heterocycles. The monoisotopic (exact) mass is 574 g/mol. The lowest BCUT2D eigenvalue weighted by atomic mass is 10.2. The van der Waals surface area contributed by atoms with Gasteiger partial charge in [0, 0.05) is 38.6 Å². The first-order chi connectivity index (χ1) is 11.7. The first kappa shape index (κ1) is 22.2. The van der Waals surface area contributed by atoms with E-state index in [0.717, 1.165) is 13.9 Å². The lowest BCUT2D eigenvalue weighted by Crippen LogP contribution is -2.34. The van der Waals surface area contributed by atoms with Crippen LogP contribution >= 0.6 is 45.2 Å². The fourth-order valence-corrected chi connectivity index (χ4v) is 2.63. The zero-order valence-electron chi connectivity index (χ0n) is 14.6. The molecule has 0 unspecified atom stereocenters. The average molecular weight is 574 g/mol. The highest BCUT2D eigenvalue weighted by Gasteiger charge is 2.15. The number of nitrogens with zero attached hydrogens (tertiary/aromatic N) is 4. The maximum Gasteiger partial charge on any atom is 0.407 e. The third-order valence-electron chi connectivity index (χ3n) is 2.63. The molecule has 0 aliphatic rings. The van der Waals surface area contributed by atoms with Crippen LogP contribution in [0.3, 0.4) is 0 Å². The molecule has 0 aliphatic heterocycles. The normalized spacial score (nSPS) is 10.8. The van der Waals surface area contributed by atoms with Gasteiger partial charge in [-0.3, -0.25) is 0 Å². The summed E-state index contributed by atoms with van der Waals surface area (Å²) in [6.07, 6.45) is 7.01. The van der Waals surface area contributed by atoms with Gasteiger partial charge in [-0.25, -0.2) is 14.8 Å². The Bertz CT molecular complexity index is 650. The Balaban J connectivity index is 0.000000293. The molecule has 0 aliphatic carbocycles. The zero-order chi connectivity index (χ0) is 18.9. The van der Waals surface area contributed by atoms with Crippen molar-refractivity contribution >= 4 is 51.3 Å². The quantitative estimate of drug-likeness (QED) is 0.535. The molecule has 2 rings (SSSR count). The van der Waals surface area contributed by atoms with E-state index in [1.54, 1.807) is 12.7 Å². The van der Waals surface area contributed by atoms with Gasteiger partial charge in [0.2, 0.25) is 0 Å². The summed E-state index contributed by atoms with van der Waals surface area (Å²) in [5.41, 5.74) is 4.87. The number of aromatic nitrogens is 4. The van der Waals surface area contributed by atoms with E-state index in [2.05, 4.69) is 60.5 Å². The minimum atomic E-state index is -0.450. The van der Waals surface area contributed by atoms with E-state index in [0.29, 0.717) is 19.6 Å². The Morgan fingerprint density at radius 1 is 1.16 bits per heavy atom. The second-order valence-corrected chi connectivity index (χ2v) is 8.30. The Morgan fingerprint density at radius 3 is 2.08 bits per heavy atom. The summed E-state index contributed by atoms with van der Waals surface area (Å²) in [6.45, 7) is 8.26. The van der Waals surface area contributed by atoms with Crippen molar-refractivity contribution in [2.24, 2.45) is 5.73 Å². The SMILES string of the molecule is CC(C)(C)OC(=O)NCCn1cnc(I)c1.NCCn1cnc(I)c1. The highest BCUT2D eigenvalue weighted by molar-refractivity contribution is 14.1. The van der Waals surface area contributed by atoms with Crippen LogP contribution < -0.4 is 11.1 Å². The smallest absolute Gasteiger partial charge is 0.407 e. The fraction of sp³-hybridized carbons (Fsp3) is 0.533. The number of hydrogen-bond donors (Lipinski definition) is 2. The van der Waals surface area contributed by atoms with Crippen LogP contribution in [0.15, 0.2) is 25.0 Å². The number of rotatable bonds is 5. The summed E-state index contributed by atoms with van der Waals surface area (Å²) in [5.74, 6) is 0. The van der Waals surface area contributed by atoms with Gasteiger partial charge in [0.1, 0.15) is 13.0 Å². The largest absolute Gasteiger partial charge is 0.444 e. The Morgan fingerprint density at radius 2 is 1.68 bits per heavy atom. The van der Waals surface area contributed by atoms with Crippen molar-refractivity contribution in [3.63, 3.8) is 0 Å². The molecule has 3 N–H and O–H groups in total. The number of imidazole rings is 2. The van der Waals surface area contributed by atoms with Crippen molar-refractivity contribution in [3.8, 4) is 0 Å². The third kappa shape index (κ3) is 10.6. The summed E-state index contributed by atoms with van der Waals surface area (Å²) < 4.78 is 10.9. The minimum Gasteiger partial charge on any atom is -0.444 e. The number of hydrogen-bond acceptors (Lipinski definition) is 5. The molecule has 0 atom stereocenters. The second kappa shape index (κ2) is 11.0. The van der Waals surface area contributed by atoms with E-state index in [9.17, 15) is 4.79 Å². The van der Waals surface area contributed by atoms with Crippen molar-refractivity contribution in [2.75, 3.05) is 13.1 Å². The van der Waals surface area contributed by atoms with Gasteiger partial charge >= 0.3 is 6.09 Å². The molecule has 25 heavy (non-hydrogen) atoms. The molecule has 1 amide bonds. The Kier molecular flexibility index (Phi) is 9.71. The van der Waals surface area contributed by atoms with Crippen LogP contribution in [0.5, 0.6) is 0 Å². The number of alkyl carbamates (subject to hydrolysis) is 1. The van der Waals surface area contributed by atoms with E-state index in [4.69, 9.17) is 10.5 Å². The zero-order valence-corrected chi connectivity index (χ0v) is 18.9. The average Bonchev–Trinajstić information content (AvgIpc) is 3.07. The standard InChI is InChI=1S/C10H16IN3O2.C5H8IN3/c1-10(2,3)16-9(15)12-4-5-14-6-8(11)13-7-14;6-5-3-9(2-1-7)4-8-5/h6-7H,4-5H2,1-3H3,(H,12,15);3-4H,1-2,7H2. The second-order valence-electron chi connectivity index (χ2n) is 6.09. The van der Waals surface area contributed by atoms with Crippen LogP contribution in [0, 0.1) is 7.40 Å². The lowest BCUT2D eigenvalue weighted by Gasteiger charge is -2.19. The maximum atomic E-state index is 11.3. The molecule has 2 heterocycles. The summed E-state index contributed by atoms with van der Waals surface area (Å²) in [5, 5.41) is 2.68. The fourth-order valence-electron chi connectivity index (χ4n) is 1.66. The Hall–Kier alpha value is -0.890. The summed E-state index contributed by atoms with van der Waals surface area (Å²) in [4.78, 5) is 19.4. The molecule has 10 heteroatoms. The number of carbonyl (C=O) groups is 1. The minimum absolute atomic E-state index is 0.387. The van der Waals surface area contributed by atoms with Crippen LogP contribution in [0.2, 0.25) is 0 Å². The van der Waals surface area contributed by atoms with E-state index in [1.165, 1.54) is 0 Å². The van der Waals surface area contributed by atoms with E-state index in [1.807, 2.05) is 42.3 Å². The van der Waals surface area contributed by atoms with Gasteiger partial charge < -0.3 is 24.9 Å². The molecule has 8 nitrogen and oxygen atoms in total. The molecule has 0 spiro atoms. The molecule has 2 aromatic heterocycles. The van der Waals surface area contributed by atoms with Gasteiger partial charge in [-0.05, 0) is 66.0 Å². The van der Waals surface area contributed by atoms with Crippen LogP contribution in [-0.4, -0.2) is 43.9 Å². The van der Waals surface area contributed by atoms with E-state index < -0.39 is 5.60 Å². The lowest BCUT2D eigenvalue weighted by molar-refractivity contribution is 0.0526. The number of halogens is 2. The van der Waals surface area contributed by atoms with Crippen LogP contribution in [-0.2, 0) is 17.8 Å². The topological polar surface area (TPSA) is 100.0 Å². The first-order valence-electron chi connectivity index (χ1n) is 7.71. The molecule has 0 aromatic carbocycles. The highest BCUT2D eigenvalue weighted by atomic mass is 127. The van der Waals surface area contributed by atoms with Gasteiger partial charge in [-0.1, -0.05) is 0 Å². The highest BCUT2D eigenvalue weighted by Crippen LogP contribution is 2.06. The summed E-state index contributed by atoms with van der Waals surface area (Å²) >= 11 is 4.31. The van der Waals surface area contributed by atoms with Gasteiger partial charge in [0.25, 0.3) is 0 Å². The van der Waals surface area contributed by atoms with Crippen molar-refractivity contribution < 1.29 is 9.53 Å². The number of amides is 1. The van der Waals surface area contributed by atoms with Gasteiger partial charge in [-0.2, -0.15) is 0 Å². The number of nitrogens with two attached hydrogens (primary N) is 1. The van der Waals surface area contributed by atoms with Crippen molar-refractivity contribution in [3.05, 3.63) is 32.4 Å². The first-order valence-corrected chi connectivity index (χ1v) is 9.87. The molecule has 0 bridgehead atoms. The predicted molar refractivity (Wildman–Crippen MR) is 113 cm³/mol. The molecule has 0 radical (unpaired) electrons. The van der Waals surface area contributed by atoms with Crippen molar-refractivity contribution in [1.82, 2.24) is 24.4 Å². The molecular formula is C15H24I2N6O2. The Labute approximate surface area is 175 Å². The molecule has 0 saturated carbocycles. The van der Waals surface area contributed by atoms with Gasteiger partial charge in [0.05, 0.1) is 12.7 Å². The van der Waals surface area contributed by atoms with Gasteiger partial charge in [0.15, 0.2) is 0 Å². The third-order valence-corrected chi connectivity index (χ3v) is 3.74. The van der Waals surface area contributed by atoms with Crippen LogP contribution in [0.25, 0.3) is 0 Å². The molecular weight excluding hydrogens is 550 g/mol. The maximum absolute atomic E-state index is 11.3.